The number of aromatic nitrogens is 2. The smallest absolute Gasteiger partial charge is 0.249 e. The van der Waals surface area contributed by atoms with E-state index in [1.54, 1.807) is 44.5 Å². The summed E-state index contributed by atoms with van der Waals surface area (Å²) >= 11 is 1.56. The minimum absolute atomic E-state index is 0.165. The van der Waals surface area contributed by atoms with Gasteiger partial charge in [-0.1, -0.05) is 18.2 Å². The van der Waals surface area contributed by atoms with Crippen LogP contribution in [0.3, 0.4) is 0 Å². The van der Waals surface area contributed by atoms with Crippen LogP contribution in [0.25, 0.3) is 16.3 Å². The number of ether oxygens (including phenoxy) is 2. The predicted octanol–water partition coefficient (Wildman–Crippen LogP) is 4.86. The minimum Gasteiger partial charge on any atom is -0.466 e. The Kier molecular flexibility index (Phi) is 8.96. The van der Waals surface area contributed by atoms with E-state index in [1.165, 1.54) is 7.11 Å². The molecule has 3 heterocycles. The fourth-order valence-electron chi connectivity index (χ4n) is 5.33. The van der Waals surface area contributed by atoms with Gasteiger partial charge >= 0.3 is 0 Å². The number of hydrogen-bond acceptors (Lipinski definition) is 8. The van der Waals surface area contributed by atoms with Crippen molar-refractivity contribution >= 4 is 22.9 Å². The molecule has 0 radical (unpaired) electrons. The summed E-state index contributed by atoms with van der Waals surface area (Å²) in [6, 6.07) is 9.28. The van der Waals surface area contributed by atoms with Crippen LogP contribution in [-0.2, 0) is 22.4 Å². The number of methoxy groups -OCH3 is 1. The molecular formula is C32H39FN4O4S. The van der Waals surface area contributed by atoms with Gasteiger partial charge in [-0.15, -0.1) is 11.3 Å². The van der Waals surface area contributed by atoms with E-state index < -0.39 is 29.5 Å². The molecule has 1 aromatic carbocycles. The van der Waals surface area contributed by atoms with Gasteiger partial charge in [-0.3, -0.25) is 4.79 Å². The third-order valence-corrected chi connectivity index (χ3v) is 8.63. The van der Waals surface area contributed by atoms with E-state index in [9.17, 15) is 14.3 Å². The van der Waals surface area contributed by atoms with Gasteiger partial charge in [0.1, 0.15) is 22.4 Å². The van der Waals surface area contributed by atoms with E-state index in [0.717, 1.165) is 52.2 Å². The highest BCUT2D eigenvalue weighted by Crippen LogP contribution is 2.44. The van der Waals surface area contributed by atoms with Gasteiger partial charge in [-0.05, 0) is 75.8 Å². The van der Waals surface area contributed by atoms with Crippen LogP contribution in [0.5, 0.6) is 5.88 Å². The first kappa shape index (κ1) is 30.1. The Hall–Kier alpha value is -3.34. The first-order valence-corrected chi connectivity index (χ1v) is 15.3. The molecule has 2 aliphatic rings. The third-order valence-electron chi connectivity index (χ3n) is 7.81. The Morgan fingerprint density at radius 2 is 2.07 bits per heavy atom. The summed E-state index contributed by atoms with van der Waals surface area (Å²) in [5, 5.41) is 20.7. The van der Waals surface area contributed by atoms with Crippen LogP contribution in [0.2, 0.25) is 0 Å². The van der Waals surface area contributed by atoms with E-state index in [-0.39, 0.29) is 18.9 Å². The van der Waals surface area contributed by atoms with Gasteiger partial charge in [0.15, 0.2) is 0 Å². The summed E-state index contributed by atoms with van der Waals surface area (Å²) in [4.78, 5) is 21.8. The molecule has 3 N–H and O–H groups in total. The molecule has 1 saturated carbocycles. The van der Waals surface area contributed by atoms with Crippen molar-refractivity contribution in [3.63, 3.8) is 0 Å². The number of carbonyl (C=O) groups excluding carboxylic acids is 1. The van der Waals surface area contributed by atoms with E-state index in [1.807, 2.05) is 35.7 Å². The summed E-state index contributed by atoms with van der Waals surface area (Å²) in [6.07, 6.45) is 7.35. The van der Waals surface area contributed by atoms with Gasteiger partial charge in [0.2, 0.25) is 11.8 Å². The molecule has 3 aromatic rings. The molecule has 5 rings (SSSR count). The van der Waals surface area contributed by atoms with Crippen LogP contribution in [0.1, 0.15) is 56.7 Å². The van der Waals surface area contributed by atoms with Crippen molar-refractivity contribution in [1.82, 2.24) is 20.6 Å². The molecule has 0 bridgehead atoms. The second kappa shape index (κ2) is 12.5. The first-order chi connectivity index (χ1) is 20.0. The highest BCUT2D eigenvalue weighted by Gasteiger charge is 2.42. The number of thiazole rings is 1. The van der Waals surface area contributed by atoms with Gasteiger partial charge in [-0.25, -0.2) is 14.4 Å². The number of benzene rings is 1. The number of alkyl halides is 1. The van der Waals surface area contributed by atoms with Crippen molar-refractivity contribution in [2.75, 3.05) is 13.7 Å². The predicted molar refractivity (Wildman–Crippen MR) is 162 cm³/mol. The first-order valence-electron chi connectivity index (χ1n) is 14.4. The fraction of sp³-hybridized carbons (Fsp3) is 0.469. The second-order valence-electron chi connectivity index (χ2n) is 11.9. The number of nitrogens with zero attached hydrogens (tertiary/aromatic N) is 2. The quantitative estimate of drug-likeness (QED) is 0.275. The number of amides is 1. The maximum atomic E-state index is 14.4. The molecule has 1 fully saturated rings. The Morgan fingerprint density at radius 3 is 2.74 bits per heavy atom. The van der Waals surface area contributed by atoms with Crippen LogP contribution in [-0.4, -0.2) is 64.2 Å². The lowest BCUT2D eigenvalue weighted by molar-refractivity contribution is -0.131. The van der Waals surface area contributed by atoms with Crippen LogP contribution in [0.15, 0.2) is 54.2 Å². The molecule has 1 amide bonds. The summed E-state index contributed by atoms with van der Waals surface area (Å²) in [7, 11) is 1.48. The molecule has 8 nitrogen and oxygen atoms in total. The molecule has 1 aliphatic carbocycles. The zero-order valence-electron chi connectivity index (χ0n) is 24.5. The van der Waals surface area contributed by atoms with E-state index in [4.69, 9.17) is 9.47 Å². The summed E-state index contributed by atoms with van der Waals surface area (Å²) in [5.74, 6) is 0.205. The highest BCUT2D eigenvalue weighted by molar-refractivity contribution is 7.13. The van der Waals surface area contributed by atoms with Gasteiger partial charge in [0, 0.05) is 49.1 Å². The summed E-state index contributed by atoms with van der Waals surface area (Å²) in [6.45, 7) is 4.93. The topological polar surface area (TPSA) is 106 Å². The molecule has 0 saturated heterocycles. The third kappa shape index (κ3) is 7.17. The molecule has 2 aromatic heterocycles. The number of nitrogens with one attached hydrogen (secondary N) is 2. The van der Waals surface area contributed by atoms with Crippen molar-refractivity contribution in [2.24, 2.45) is 0 Å². The van der Waals surface area contributed by atoms with Crippen LogP contribution < -0.4 is 15.4 Å². The van der Waals surface area contributed by atoms with E-state index in [2.05, 4.69) is 26.7 Å². The lowest BCUT2D eigenvalue weighted by atomic mass is 9.77. The number of rotatable bonds is 12. The molecule has 1 aliphatic heterocycles. The van der Waals surface area contributed by atoms with E-state index >= 15 is 0 Å². The zero-order chi connectivity index (χ0) is 29.9. The monoisotopic (exact) mass is 594 g/mol. The van der Waals surface area contributed by atoms with E-state index in [0.29, 0.717) is 12.3 Å². The molecule has 10 heteroatoms. The molecule has 3 atom stereocenters. The Morgan fingerprint density at radius 1 is 1.26 bits per heavy atom. The SMILES string of the molecule is CO[C@H](C)C(=O)N[C@@H](Cc1cccc(-c2nccs2)c1)C(O)CNC1=CC2(CCC2)Oc2ncc(CC(C)(C)F)cc21. The Bertz CT molecular complexity index is 1420. The maximum Gasteiger partial charge on any atom is 0.249 e. The average Bonchev–Trinajstić information content (AvgIpc) is 3.48. The number of pyridine rings is 1. The van der Waals surface area contributed by atoms with Crippen molar-refractivity contribution in [3.05, 3.63) is 70.9 Å². The number of halogens is 1. The summed E-state index contributed by atoms with van der Waals surface area (Å²) in [5.41, 5.74) is 2.44. The van der Waals surface area contributed by atoms with Gasteiger partial charge in [0.25, 0.3) is 0 Å². The van der Waals surface area contributed by atoms with Crippen molar-refractivity contribution < 1.29 is 23.8 Å². The van der Waals surface area contributed by atoms with Gasteiger partial charge < -0.3 is 25.2 Å². The molecule has 1 spiro atoms. The molecule has 42 heavy (non-hydrogen) atoms. The molecular weight excluding hydrogens is 555 g/mol. The standard InChI is InChI=1S/C32H39FN4O4S/c1-20(40-4)28(39)37-25(15-21-7-5-8-23(13-21)30-34-11-12-42-30)27(38)19-35-26-17-32(9-6-10-32)41-29-24(26)14-22(18-36-29)16-31(2,3)33/h5,7-8,11-14,17-18,20,25,27,35,38H,6,9-10,15-16,19H2,1-4H3,(H,37,39)/t20-,25+,27?/m1/s1. The number of carbonyl (C=O) groups is 1. The summed E-state index contributed by atoms with van der Waals surface area (Å²) < 4.78 is 25.9. The van der Waals surface area contributed by atoms with Crippen molar-refractivity contribution in [1.29, 1.82) is 0 Å². The number of fused-ring (bicyclic) bond motifs is 1. The molecule has 1 unspecified atom stereocenters. The molecule has 224 valence electrons. The number of hydrogen-bond donors (Lipinski definition) is 3. The average molecular weight is 595 g/mol. The fourth-order valence-corrected chi connectivity index (χ4v) is 5.97. The lowest BCUT2D eigenvalue weighted by Crippen LogP contribution is -2.51. The maximum absolute atomic E-state index is 14.4. The highest BCUT2D eigenvalue weighted by atomic mass is 32.1. The number of aliphatic hydroxyl groups is 1. The van der Waals surface area contributed by atoms with Gasteiger partial charge in [0.05, 0.1) is 17.7 Å². The largest absolute Gasteiger partial charge is 0.466 e. The van der Waals surface area contributed by atoms with Crippen LogP contribution in [0, 0.1) is 0 Å². The minimum atomic E-state index is -1.38. The Labute approximate surface area is 250 Å². The van der Waals surface area contributed by atoms with Crippen LogP contribution >= 0.6 is 11.3 Å². The second-order valence-corrected chi connectivity index (χ2v) is 12.7. The van der Waals surface area contributed by atoms with Gasteiger partial charge in [-0.2, -0.15) is 0 Å². The normalized spacial score (nSPS) is 17.7. The van der Waals surface area contributed by atoms with Crippen LogP contribution in [0.4, 0.5) is 4.39 Å². The zero-order valence-corrected chi connectivity index (χ0v) is 25.3. The van der Waals surface area contributed by atoms with Crippen molar-refractivity contribution in [2.45, 2.75) is 82.4 Å². The lowest BCUT2D eigenvalue weighted by Gasteiger charge is -2.43. The Balaban J connectivity index is 1.36. The number of aliphatic hydroxyl groups excluding tert-OH is 1. The van der Waals surface area contributed by atoms with Crippen molar-refractivity contribution in [3.8, 4) is 16.5 Å².